The Morgan fingerprint density at radius 3 is 2.57 bits per heavy atom. The van der Waals surface area contributed by atoms with E-state index in [-0.39, 0.29) is 24.5 Å². The fourth-order valence-electron chi connectivity index (χ4n) is 1.01. The first-order valence-electron chi connectivity index (χ1n) is 5.09. The summed E-state index contributed by atoms with van der Waals surface area (Å²) in [6, 6.07) is -0.149. The largest absolute Gasteiger partial charge is 0.394 e. The van der Waals surface area contributed by atoms with Crippen molar-refractivity contribution in [2.75, 3.05) is 19.8 Å². The van der Waals surface area contributed by atoms with E-state index in [4.69, 9.17) is 9.84 Å². The molecule has 4 heteroatoms. The predicted molar refractivity (Wildman–Crippen MR) is 55.0 cm³/mol. The van der Waals surface area contributed by atoms with Crippen LogP contribution in [0.4, 0.5) is 0 Å². The van der Waals surface area contributed by atoms with Gasteiger partial charge in [-0.3, -0.25) is 4.79 Å². The van der Waals surface area contributed by atoms with Crippen molar-refractivity contribution in [3.8, 4) is 0 Å². The number of aliphatic hydroxyl groups is 1. The Labute approximate surface area is 85.6 Å². The maximum atomic E-state index is 11.3. The van der Waals surface area contributed by atoms with E-state index in [1.54, 1.807) is 0 Å². The topological polar surface area (TPSA) is 58.6 Å². The first kappa shape index (κ1) is 13.4. The molecule has 0 radical (unpaired) electrons. The van der Waals surface area contributed by atoms with Crippen LogP contribution in [0.3, 0.4) is 0 Å². The zero-order chi connectivity index (χ0) is 11.0. The molecular formula is C10H21NO3. The van der Waals surface area contributed by atoms with Crippen molar-refractivity contribution in [2.24, 2.45) is 5.92 Å². The molecule has 4 nitrogen and oxygen atoms in total. The zero-order valence-electron chi connectivity index (χ0n) is 9.25. The maximum Gasteiger partial charge on any atom is 0.222 e. The maximum absolute atomic E-state index is 11.3. The van der Waals surface area contributed by atoms with Gasteiger partial charge >= 0.3 is 0 Å². The van der Waals surface area contributed by atoms with Gasteiger partial charge in [0, 0.05) is 13.0 Å². The molecule has 0 saturated carbocycles. The van der Waals surface area contributed by atoms with Crippen molar-refractivity contribution in [3.05, 3.63) is 0 Å². The molecule has 1 amide bonds. The molecule has 0 aliphatic rings. The van der Waals surface area contributed by atoms with Gasteiger partial charge in [0.25, 0.3) is 0 Å². The van der Waals surface area contributed by atoms with Gasteiger partial charge in [0.05, 0.1) is 19.3 Å². The van der Waals surface area contributed by atoms with E-state index in [9.17, 15) is 4.79 Å². The molecule has 0 rings (SSSR count). The first-order valence-corrected chi connectivity index (χ1v) is 5.09. The minimum Gasteiger partial charge on any atom is -0.394 e. The summed E-state index contributed by atoms with van der Waals surface area (Å²) >= 11 is 0. The third kappa shape index (κ3) is 5.94. The Kier molecular flexibility index (Phi) is 7.42. The standard InChI is InChI=1S/C10H21NO3/c1-4-14-6-5-10(13)11-9(7-12)8(2)3/h8-9,12H,4-7H2,1-3H3,(H,11,13)/t9-/m1/s1. The van der Waals surface area contributed by atoms with E-state index in [0.717, 1.165) is 0 Å². The second-order valence-corrected chi connectivity index (χ2v) is 3.55. The second kappa shape index (κ2) is 7.76. The Hall–Kier alpha value is -0.610. The quantitative estimate of drug-likeness (QED) is 0.594. The van der Waals surface area contributed by atoms with Crippen molar-refractivity contribution in [3.63, 3.8) is 0 Å². The fraction of sp³-hybridized carbons (Fsp3) is 0.900. The van der Waals surface area contributed by atoms with Gasteiger partial charge in [-0.25, -0.2) is 0 Å². The third-order valence-electron chi connectivity index (χ3n) is 2.03. The van der Waals surface area contributed by atoms with Gasteiger partial charge in [0.1, 0.15) is 0 Å². The fourth-order valence-corrected chi connectivity index (χ4v) is 1.01. The van der Waals surface area contributed by atoms with Crippen LogP contribution in [0.1, 0.15) is 27.2 Å². The SMILES string of the molecule is CCOCCC(=O)N[C@H](CO)C(C)C. The van der Waals surface area contributed by atoms with Crippen LogP contribution in [0.15, 0.2) is 0 Å². The number of rotatable bonds is 7. The van der Waals surface area contributed by atoms with Crippen molar-refractivity contribution >= 4 is 5.91 Å². The molecule has 0 spiro atoms. The molecule has 0 heterocycles. The molecular weight excluding hydrogens is 182 g/mol. The Bertz CT molecular complexity index is 159. The number of hydrogen-bond acceptors (Lipinski definition) is 3. The van der Waals surface area contributed by atoms with Gasteiger partial charge in [0.15, 0.2) is 0 Å². The molecule has 0 aliphatic carbocycles. The number of amides is 1. The minimum atomic E-state index is -0.149. The highest BCUT2D eigenvalue weighted by Crippen LogP contribution is 2.00. The van der Waals surface area contributed by atoms with Gasteiger partial charge in [-0.1, -0.05) is 13.8 Å². The second-order valence-electron chi connectivity index (χ2n) is 3.55. The summed E-state index contributed by atoms with van der Waals surface area (Å²) < 4.78 is 5.06. The van der Waals surface area contributed by atoms with Crippen molar-refractivity contribution in [1.82, 2.24) is 5.32 Å². The number of aliphatic hydroxyl groups excluding tert-OH is 1. The average Bonchev–Trinajstić information content (AvgIpc) is 2.14. The molecule has 1 atom stereocenters. The third-order valence-corrected chi connectivity index (χ3v) is 2.03. The van der Waals surface area contributed by atoms with Gasteiger partial charge in [-0.15, -0.1) is 0 Å². The van der Waals surface area contributed by atoms with Crippen LogP contribution in [-0.2, 0) is 9.53 Å². The molecule has 0 unspecified atom stereocenters. The van der Waals surface area contributed by atoms with Crippen LogP contribution in [0.5, 0.6) is 0 Å². The summed E-state index contributed by atoms with van der Waals surface area (Å²) in [5.74, 6) is 0.183. The van der Waals surface area contributed by atoms with E-state index >= 15 is 0 Å². The monoisotopic (exact) mass is 203 g/mol. The number of carbonyl (C=O) groups excluding carboxylic acids is 1. The lowest BCUT2D eigenvalue weighted by Gasteiger charge is -2.19. The summed E-state index contributed by atoms with van der Waals surface area (Å²) in [6.07, 6.45) is 0.358. The Balaban J connectivity index is 3.68. The summed E-state index contributed by atoms with van der Waals surface area (Å²) in [6.45, 7) is 6.87. The number of ether oxygens (including phenoxy) is 1. The number of nitrogens with one attached hydrogen (secondary N) is 1. The van der Waals surface area contributed by atoms with Crippen LogP contribution in [-0.4, -0.2) is 36.9 Å². The van der Waals surface area contributed by atoms with Crippen LogP contribution >= 0.6 is 0 Å². The summed E-state index contributed by atoms with van der Waals surface area (Å²) in [4.78, 5) is 11.3. The number of hydrogen-bond donors (Lipinski definition) is 2. The predicted octanol–water partition coefficient (Wildman–Crippen LogP) is 0.546. The molecule has 2 N–H and O–H groups in total. The highest BCUT2D eigenvalue weighted by Gasteiger charge is 2.14. The molecule has 0 saturated heterocycles. The molecule has 0 fully saturated rings. The van der Waals surface area contributed by atoms with E-state index in [0.29, 0.717) is 19.6 Å². The molecule has 84 valence electrons. The van der Waals surface area contributed by atoms with Gasteiger partial charge < -0.3 is 15.2 Å². The molecule has 0 aliphatic heterocycles. The lowest BCUT2D eigenvalue weighted by molar-refractivity contribution is -0.123. The van der Waals surface area contributed by atoms with Crippen molar-refractivity contribution in [2.45, 2.75) is 33.2 Å². The highest BCUT2D eigenvalue weighted by molar-refractivity contribution is 5.76. The first-order chi connectivity index (χ1) is 6.61. The van der Waals surface area contributed by atoms with Gasteiger partial charge in [-0.2, -0.15) is 0 Å². The Morgan fingerprint density at radius 2 is 2.14 bits per heavy atom. The van der Waals surface area contributed by atoms with Crippen LogP contribution in [0, 0.1) is 5.92 Å². The molecule has 14 heavy (non-hydrogen) atoms. The smallest absolute Gasteiger partial charge is 0.222 e. The molecule has 0 bridgehead atoms. The van der Waals surface area contributed by atoms with Crippen LogP contribution in [0.2, 0.25) is 0 Å². The lowest BCUT2D eigenvalue weighted by atomic mass is 10.1. The molecule has 0 aromatic carbocycles. The highest BCUT2D eigenvalue weighted by atomic mass is 16.5. The summed E-state index contributed by atoms with van der Waals surface area (Å²) in [5.41, 5.74) is 0. The van der Waals surface area contributed by atoms with Crippen LogP contribution < -0.4 is 5.32 Å². The minimum absolute atomic E-state index is 0.0158. The van der Waals surface area contributed by atoms with E-state index in [2.05, 4.69) is 5.32 Å². The van der Waals surface area contributed by atoms with Gasteiger partial charge in [0.2, 0.25) is 5.91 Å². The molecule has 0 aromatic rings. The van der Waals surface area contributed by atoms with E-state index in [1.807, 2.05) is 20.8 Å². The Morgan fingerprint density at radius 1 is 1.50 bits per heavy atom. The number of carbonyl (C=O) groups is 1. The van der Waals surface area contributed by atoms with Gasteiger partial charge in [-0.05, 0) is 12.8 Å². The lowest BCUT2D eigenvalue weighted by Crippen LogP contribution is -2.41. The van der Waals surface area contributed by atoms with Crippen molar-refractivity contribution < 1.29 is 14.6 Å². The zero-order valence-corrected chi connectivity index (χ0v) is 9.25. The van der Waals surface area contributed by atoms with Crippen LogP contribution in [0.25, 0.3) is 0 Å². The van der Waals surface area contributed by atoms with Crippen molar-refractivity contribution in [1.29, 1.82) is 0 Å². The summed E-state index contributed by atoms with van der Waals surface area (Å²) in [5, 5.41) is 11.7. The molecule has 0 aromatic heterocycles. The average molecular weight is 203 g/mol. The van der Waals surface area contributed by atoms with E-state index < -0.39 is 0 Å². The summed E-state index contributed by atoms with van der Waals surface area (Å²) in [7, 11) is 0. The normalized spacial score (nSPS) is 12.9. The van der Waals surface area contributed by atoms with E-state index in [1.165, 1.54) is 0 Å².